The van der Waals surface area contributed by atoms with Gasteiger partial charge in [0.05, 0.1) is 11.4 Å². The molecule has 0 saturated carbocycles. The highest BCUT2D eigenvalue weighted by Gasteiger charge is 2.37. The van der Waals surface area contributed by atoms with Gasteiger partial charge in [-0.05, 0) is 38.6 Å². The molecule has 6 heteroatoms. The Labute approximate surface area is 114 Å². The molecular formula is C12H25N3O2S. The highest BCUT2D eigenvalue weighted by atomic mass is 32.2. The van der Waals surface area contributed by atoms with Crippen molar-refractivity contribution in [1.29, 1.82) is 0 Å². The third-order valence-electron chi connectivity index (χ3n) is 3.53. The van der Waals surface area contributed by atoms with Crippen molar-refractivity contribution in [2.24, 2.45) is 10.9 Å². The molecule has 0 aromatic carbocycles. The lowest BCUT2D eigenvalue weighted by Crippen LogP contribution is -2.50. The summed E-state index contributed by atoms with van der Waals surface area (Å²) in [6.45, 7) is 6.68. The van der Waals surface area contributed by atoms with Crippen molar-refractivity contribution < 1.29 is 9.94 Å². The maximum Gasteiger partial charge on any atom is 0.155 e. The topological polar surface area (TPSA) is 71.1 Å². The maximum absolute atomic E-state index is 8.87. The minimum Gasteiger partial charge on any atom is -0.409 e. The van der Waals surface area contributed by atoms with Crippen molar-refractivity contribution in [1.82, 2.24) is 4.90 Å². The standard InChI is InChI=1S/C12H25N3O2S/c1-3-9-17-10-8-15-6-4-12(18-2,5-7-15)11(13)14-16/h16H,3-10H2,1-2H3,(H2,13,14). The van der Waals surface area contributed by atoms with Crippen LogP contribution < -0.4 is 5.73 Å². The van der Waals surface area contributed by atoms with Gasteiger partial charge in [0.2, 0.25) is 0 Å². The minimum absolute atomic E-state index is 0.185. The number of ether oxygens (including phenoxy) is 1. The van der Waals surface area contributed by atoms with Crippen LogP contribution in [0.25, 0.3) is 0 Å². The van der Waals surface area contributed by atoms with Crippen molar-refractivity contribution in [3.8, 4) is 0 Å². The SMILES string of the molecule is CCCOCCN1CCC(SC)(C(N)=NO)CC1. The summed E-state index contributed by atoms with van der Waals surface area (Å²) >= 11 is 1.69. The Balaban J connectivity index is 2.35. The van der Waals surface area contributed by atoms with Crippen LogP contribution in [0.3, 0.4) is 0 Å². The molecule has 1 heterocycles. The van der Waals surface area contributed by atoms with Crippen LogP contribution in [0.2, 0.25) is 0 Å². The van der Waals surface area contributed by atoms with Gasteiger partial charge in [0.25, 0.3) is 0 Å². The second-order valence-electron chi connectivity index (χ2n) is 4.64. The molecule has 1 aliphatic heterocycles. The van der Waals surface area contributed by atoms with Gasteiger partial charge in [-0.2, -0.15) is 11.8 Å². The van der Waals surface area contributed by atoms with E-state index in [2.05, 4.69) is 17.0 Å². The number of hydrogen-bond acceptors (Lipinski definition) is 5. The quantitative estimate of drug-likeness (QED) is 0.241. The second-order valence-corrected chi connectivity index (χ2v) is 5.83. The molecule has 0 amide bonds. The first-order valence-corrected chi connectivity index (χ1v) is 7.74. The maximum atomic E-state index is 8.87. The van der Waals surface area contributed by atoms with Crippen LogP contribution in [0.4, 0.5) is 0 Å². The molecule has 1 saturated heterocycles. The zero-order valence-corrected chi connectivity index (χ0v) is 12.2. The van der Waals surface area contributed by atoms with Gasteiger partial charge in [0.15, 0.2) is 5.84 Å². The molecule has 18 heavy (non-hydrogen) atoms. The molecule has 0 radical (unpaired) electrons. The van der Waals surface area contributed by atoms with E-state index in [0.717, 1.165) is 52.1 Å². The summed E-state index contributed by atoms with van der Waals surface area (Å²) in [5.41, 5.74) is 5.81. The zero-order valence-electron chi connectivity index (χ0n) is 11.4. The van der Waals surface area contributed by atoms with Gasteiger partial charge in [0, 0.05) is 13.2 Å². The Hall–Kier alpha value is -0.460. The molecule has 1 rings (SSSR count). The van der Waals surface area contributed by atoms with Crippen LogP contribution in [0.15, 0.2) is 5.16 Å². The number of oxime groups is 1. The average molecular weight is 275 g/mol. The lowest BCUT2D eigenvalue weighted by Gasteiger charge is -2.39. The third-order valence-corrected chi connectivity index (χ3v) is 4.93. The van der Waals surface area contributed by atoms with Gasteiger partial charge in [-0.3, -0.25) is 0 Å². The van der Waals surface area contributed by atoms with E-state index in [1.54, 1.807) is 11.8 Å². The van der Waals surface area contributed by atoms with Crippen molar-refractivity contribution in [2.75, 3.05) is 39.1 Å². The summed E-state index contributed by atoms with van der Waals surface area (Å²) < 4.78 is 5.31. The fraction of sp³-hybridized carbons (Fsp3) is 0.917. The second kappa shape index (κ2) is 7.86. The van der Waals surface area contributed by atoms with E-state index >= 15 is 0 Å². The summed E-state index contributed by atoms with van der Waals surface area (Å²) in [5.74, 6) is 0.358. The number of hydrogen-bond donors (Lipinski definition) is 2. The van der Waals surface area contributed by atoms with E-state index in [-0.39, 0.29) is 4.75 Å². The number of amidine groups is 1. The van der Waals surface area contributed by atoms with Crippen molar-refractivity contribution in [3.63, 3.8) is 0 Å². The number of thioether (sulfide) groups is 1. The Morgan fingerprint density at radius 2 is 2.11 bits per heavy atom. The Kier molecular flexibility index (Phi) is 6.81. The van der Waals surface area contributed by atoms with E-state index in [0.29, 0.717) is 5.84 Å². The van der Waals surface area contributed by atoms with Crippen LogP contribution >= 0.6 is 11.8 Å². The predicted octanol–water partition coefficient (Wildman–Crippen LogP) is 1.36. The van der Waals surface area contributed by atoms with Crippen LogP contribution in [0.1, 0.15) is 26.2 Å². The van der Waals surface area contributed by atoms with Gasteiger partial charge in [-0.25, -0.2) is 0 Å². The largest absolute Gasteiger partial charge is 0.409 e. The van der Waals surface area contributed by atoms with Crippen LogP contribution in [-0.4, -0.2) is 59.8 Å². The van der Waals surface area contributed by atoms with Crippen molar-refractivity contribution in [3.05, 3.63) is 0 Å². The highest BCUT2D eigenvalue weighted by Crippen LogP contribution is 2.34. The first kappa shape index (κ1) is 15.6. The van der Waals surface area contributed by atoms with Gasteiger partial charge >= 0.3 is 0 Å². The molecule has 0 aliphatic carbocycles. The molecule has 1 aliphatic rings. The lowest BCUT2D eigenvalue weighted by atomic mass is 9.94. The van der Waals surface area contributed by atoms with Gasteiger partial charge in [-0.15, -0.1) is 0 Å². The average Bonchev–Trinajstić information content (AvgIpc) is 2.43. The Morgan fingerprint density at radius 3 is 2.61 bits per heavy atom. The summed E-state index contributed by atoms with van der Waals surface area (Å²) in [4.78, 5) is 2.38. The minimum atomic E-state index is -0.185. The first-order valence-electron chi connectivity index (χ1n) is 6.51. The van der Waals surface area contributed by atoms with E-state index in [9.17, 15) is 0 Å². The number of piperidine rings is 1. The molecule has 0 bridgehead atoms. The number of likely N-dealkylation sites (tertiary alicyclic amines) is 1. The number of nitrogens with zero attached hydrogens (tertiary/aromatic N) is 2. The summed E-state index contributed by atoms with van der Waals surface area (Å²) in [5, 5.41) is 12.1. The molecule has 106 valence electrons. The number of rotatable bonds is 7. The summed E-state index contributed by atoms with van der Waals surface area (Å²) in [7, 11) is 0. The molecule has 0 spiro atoms. The molecule has 0 aromatic rings. The van der Waals surface area contributed by atoms with E-state index in [1.165, 1.54) is 0 Å². The lowest BCUT2D eigenvalue weighted by molar-refractivity contribution is 0.0953. The molecule has 3 N–H and O–H groups in total. The molecule has 0 atom stereocenters. The van der Waals surface area contributed by atoms with Crippen molar-refractivity contribution >= 4 is 17.6 Å². The predicted molar refractivity (Wildman–Crippen MR) is 76.4 cm³/mol. The van der Waals surface area contributed by atoms with E-state index in [1.807, 2.05) is 6.26 Å². The van der Waals surface area contributed by atoms with E-state index in [4.69, 9.17) is 15.7 Å². The van der Waals surface area contributed by atoms with Gasteiger partial charge in [-0.1, -0.05) is 12.1 Å². The fourth-order valence-electron chi connectivity index (χ4n) is 2.23. The number of nitrogens with two attached hydrogens (primary N) is 1. The smallest absolute Gasteiger partial charge is 0.155 e. The molecule has 0 unspecified atom stereocenters. The fourth-order valence-corrected chi connectivity index (χ4v) is 3.07. The van der Waals surface area contributed by atoms with Gasteiger partial charge < -0.3 is 20.6 Å². The highest BCUT2D eigenvalue weighted by molar-refractivity contribution is 8.00. The van der Waals surface area contributed by atoms with Crippen LogP contribution in [0.5, 0.6) is 0 Å². The van der Waals surface area contributed by atoms with E-state index < -0.39 is 0 Å². The molecule has 1 fully saturated rings. The zero-order chi connectivity index (χ0) is 13.4. The van der Waals surface area contributed by atoms with Crippen molar-refractivity contribution in [2.45, 2.75) is 30.9 Å². The van der Waals surface area contributed by atoms with Gasteiger partial charge in [0.1, 0.15) is 0 Å². The third kappa shape index (κ3) is 4.03. The monoisotopic (exact) mass is 275 g/mol. The summed E-state index contributed by atoms with van der Waals surface area (Å²) in [6, 6.07) is 0. The summed E-state index contributed by atoms with van der Waals surface area (Å²) in [6.07, 6.45) is 4.95. The molecular weight excluding hydrogens is 250 g/mol. The molecule has 0 aromatic heterocycles. The Bertz CT molecular complexity index is 266. The normalized spacial score (nSPS) is 21.1. The molecule has 5 nitrogen and oxygen atoms in total. The van der Waals surface area contributed by atoms with Crippen LogP contribution in [0, 0.1) is 0 Å². The Morgan fingerprint density at radius 1 is 1.44 bits per heavy atom. The first-order chi connectivity index (χ1) is 8.68. The van der Waals surface area contributed by atoms with Crippen LogP contribution in [-0.2, 0) is 4.74 Å².